The molecule has 0 radical (unpaired) electrons. The van der Waals surface area contributed by atoms with Gasteiger partial charge in [0.25, 0.3) is 0 Å². The van der Waals surface area contributed by atoms with Crippen LogP contribution in [0.4, 0.5) is 0 Å². The van der Waals surface area contributed by atoms with Crippen LogP contribution in [0.2, 0.25) is 0 Å². The second-order valence-corrected chi connectivity index (χ2v) is 12.0. The van der Waals surface area contributed by atoms with Crippen LogP contribution in [-0.2, 0) is 6.42 Å². The number of rotatable bonds is 18. The molecule has 0 amide bonds. The summed E-state index contributed by atoms with van der Waals surface area (Å²) in [5.41, 5.74) is 4.58. The molecule has 0 saturated heterocycles. The molecule has 5 rings (SSSR count). The molecule has 1 atom stereocenters. The predicted molar refractivity (Wildman–Crippen MR) is 165 cm³/mol. The monoisotopic (exact) mass is 540 g/mol. The second kappa shape index (κ2) is 15.2. The van der Waals surface area contributed by atoms with Gasteiger partial charge in [0.1, 0.15) is 0 Å². The van der Waals surface area contributed by atoms with Gasteiger partial charge in [-0.05, 0) is 54.5 Å². The first-order chi connectivity index (χ1) is 19.8. The summed E-state index contributed by atoms with van der Waals surface area (Å²) < 4.78 is 12.1. The average Bonchev–Trinajstić information content (AvgIpc) is 3.73. The Morgan fingerprint density at radius 3 is 1.98 bits per heavy atom. The number of hydrogen-bond donors (Lipinski definition) is 0. The van der Waals surface area contributed by atoms with Crippen molar-refractivity contribution in [1.29, 1.82) is 0 Å². The highest BCUT2D eigenvalue weighted by atomic mass is 16.7. The Hall–Kier alpha value is -2.88. The van der Waals surface area contributed by atoms with Gasteiger partial charge in [-0.2, -0.15) is 0 Å². The Bertz CT molecular complexity index is 1150. The van der Waals surface area contributed by atoms with Gasteiger partial charge in [0, 0.05) is 29.9 Å². The van der Waals surface area contributed by atoms with Crippen LogP contribution < -0.4 is 9.47 Å². The van der Waals surface area contributed by atoms with Crippen molar-refractivity contribution in [2.45, 2.75) is 122 Å². The van der Waals surface area contributed by atoms with Gasteiger partial charge in [0.05, 0.1) is 0 Å². The van der Waals surface area contributed by atoms with Crippen molar-refractivity contribution < 1.29 is 9.47 Å². The highest BCUT2D eigenvalue weighted by Crippen LogP contribution is 2.38. The maximum absolute atomic E-state index is 6.07. The summed E-state index contributed by atoms with van der Waals surface area (Å²) >= 11 is 0. The highest BCUT2D eigenvalue weighted by Gasteiger charge is 2.24. The van der Waals surface area contributed by atoms with Crippen molar-refractivity contribution in [1.82, 2.24) is 9.97 Å². The number of unbranched alkanes of at least 4 members (excludes halogenated alkanes) is 10. The minimum absolute atomic E-state index is 0.176. The summed E-state index contributed by atoms with van der Waals surface area (Å²) in [5.74, 6) is 3.42. The van der Waals surface area contributed by atoms with E-state index in [1.807, 2.05) is 30.6 Å². The molecule has 40 heavy (non-hydrogen) atoms. The third-order valence-electron chi connectivity index (χ3n) is 8.48. The molecule has 0 N–H and O–H groups in total. The number of ether oxygens (including phenoxy) is 2. The van der Waals surface area contributed by atoms with Crippen molar-refractivity contribution in [3.63, 3.8) is 0 Å². The topological polar surface area (TPSA) is 44.2 Å². The van der Waals surface area contributed by atoms with E-state index in [2.05, 4.69) is 41.2 Å². The van der Waals surface area contributed by atoms with Crippen molar-refractivity contribution in [3.8, 4) is 34.0 Å². The number of hydrogen-bond acceptors (Lipinski definition) is 4. The van der Waals surface area contributed by atoms with E-state index in [0.717, 1.165) is 46.9 Å². The van der Waals surface area contributed by atoms with Gasteiger partial charge >= 0.3 is 0 Å². The third-order valence-corrected chi connectivity index (χ3v) is 8.48. The lowest BCUT2D eigenvalue weighted by molar-refractivity contribution is 0.0395. The van der Waals surface area contributed by atoms with E-state index >= 15 is 0 Å². The molecule has 1 saturated carbocycles. The summed E-state index contributed by atoms with van der Waals surface area (Å²) in [4.78, 5) is 9.34. The zero-order chi connectivity index (χ0) is 27.4. The zero-order valence-corrected chi connectivity index (χ0v) is 24.6. The Kier molecular flexibility index (Phi) is 10.9. The average molecular weight is 541 g/mol. The van der Waals surface area contributed by atoms with Gasteiger partial charge in [-0.25, -0.2) is 9.97 Å². The lowest BCUT2D eigenvalue weighted by Gasteiger charge is -2.09. The minimum Gasteiger partial charge on any atom is -0.451 e. The second-order valence-electron chi connectivity index (χ2n) is 12.0. The molecular formula is C36H48N2O2. The molecular weight excluding hydrogens is 492 g/mol. The molecule has 1 aliphatic carbocycles. The van der Waals surface area contributed by atoms with Gasteiger partial charge in [-0.3, -0.25) is 0 Å². The number of aromatic nitrogens is 2. The van der Waals surface area contributed by atoms with Crippen LogP contribution in [0.15, 0.2) is 54.9 Å². The van der Waals surface area contributed by atoms with Crippen LogP contribution in [0.1, 0.15) is 115 Å². The molecule has 1 fully saturated rings. The fourth-order valence-electron chi connectivity index (χ4n) is 5.72. The standard InChI is InChI=1S/C36H48N2O2/c1-2-3-4-8-13-16-35-39-33-24-23-31(25-34(33)40-35)36-37-26-32(27-38-36)30-21-19-29(20-22-30)15-12-10-7-5-6-9-11-14-28-17-18-28/h19-28,35H,2-18H2,1H3. The molecule has 2 aliphatic rings. The van der Waals surface area contributed by atoms with E-state index in [0.29, 0.717) is 5.82 Å². The van der Waals surface area contributed by atoms with E-state index in [-0.39, 0.29) is 6.29 Å². The number of aryl methyl sites for hydroxylation is 1. The van der Waals surface area contributed by atoms with Crippen LogP contribution in [-0.4, -0.2) is 16.3 Å². The summed E-state index contributed by atoms with van der Waals surface area (Å²) in [6.07, 6.45) is 26.3. The maximum atomic E-state index is 6.07. The number of benzene rings is 2. The summed E-state index contributed by atoms with van der Waals surface area (Å²) in [6, 6.07) is 14.9. The first-order valence-electron chi connectivity index (χ1n) is 16.2. The molecule has 0 bridgehead atoms. The summed E-state index contributed by atoms with van der Waals surface area (Å²) in [6.45, 7) is 2.24. The fourth-order valence-corrected chi connectivity index (χ4v) is 5.72. The molecule has 3 aromatic rings. The third kappa shape index (κ3) is 8.81. The normalized spacial score (nSPS) is 16.0. The van der Waals surface area contributed by atoms with Gasteiger partial charge < -0.3 is 9.47 Å². The van der Waals surface area contributed by atoms with Gasteiger partial charge in [-0.1, -0.05) is 115 Å². The lowest BCUT2D eigenvalue weighted by atomic mass is 10.0. The Balaban J connectivity index is 1.03. The van der Waals surface area contributed by atoms with Crippen LogP contribution in [0, 0.1) is 5.92 Å². The molecule has 214 valence electrons. The Labute approximate surface area is 241 Å². The van der Waals surface area contributed by atoms with Gasteiger partial charge in [0.15, 0.2) is 17.3 Å². The Morgan fingerprint density at radius 1 is 0.625 bits per heavy atom. The largest absolute Gasteiger partial charge is 0.451 e. The lowest BCUT2D eigenvalue weighted by Crippen LogP contribution is -2.17. The SMILES string of the molecule is CCCCCCCC1Oc2ccc(-c3ncc(-c4ccc(CCCCCCCCCC5CC5)cc4)cn3)cc2O1. The number of fused-ring (bicyclic) bond motifs is 1. The van der Waals surface area contributed by atoms with E-state index in [1.54, 1.807) is 0 Å². The van der Waals surface area contributed by atoms with E-state index in [9.17, 15) is 0 Å². The highest BCUT2D eigenvalue weighted by molar-refractivity contribution is 5.65. The zero-order valence-electron chi connectivity index (χ0n) is 24.6. The summed E-state index contributed by atoms with van der Waals surface area (Å²) in [5, 5.41) is 0. The van der Waals surface area contributed by atoms with Crippen LogP contribution in [0.25, 0.3) is 22.5 Å². The minimum atomic E-state index is -0.176. The van der Waals surface area contributed by atoms with Crippen molar-refractivity contribution >= 4 is 0 Å². The van der Waals surface area contributed by atoms with Crippen LogP contribution in [0.5, 0.6) is 11.5 Å². The van der Waals surface area contributed by atoms with Crippen LogP contribution >= 0.6 is 0 Å². The first-order valence-corrected chi connectivity index (χ1v) is 16.2. The predicted octanol–water partition coefficient (Wildman–Crippen LogP) is 10.3. The fraction of sp³-hybridized carbons (Fsp3) is 0.556. The molecule has 1 unspecified atom stereocenters. The van der Waals surface area contributed by atoms with Gasteiger partial charge in [0.2, 0.25) is 6.29 Å². The molecule has 2 aromatic carbocycles. The van der Waals surface area contributed by atoms with E-state index in [4.69, 9.17) is 9.47 Å². The molecule has 4 heteroatoms. The first kappa shape index (κ1) is 28.6. The van der Waals surface area contributed by atoms with Crippen molar-refractivity contribution in [2.75, 3.05) is 0 Å². The van der Waals surface area contributed by atoms with Crippen molar-refractivity contribution in [3.05, 3.63) is 60.4 Å². The summed E-state index contributed by atoms with van der Waals surface area (Å²) in [7, 11) is 0. The maximum Gasteiger partial charge on any atom is 0.241 e. The van der Waals surface area contributed by atoms with E-state index < -0.39 is 0 Å². The van der Waals surface area contributed by atoms with E-state index in [1.165, 1.54) is 102 Å². The Morgan fingerprint density at radius 2 is 1.25 bits per heavy atom. The molecule has 1 aliphatic heterocycles. The molecule has 2 heterocycles. The number of nitrogens with zero attached hydrogens (tertiary/aromatic N) is 2. The molecule has 0 spiro atoms. The van der Waals surface area contributed by atoms with Gasteiger partial charge in [-0.15, -0.1) is 0 Å². The van der Waals surface area contributed by atoms with Crippen molar-refractivity contribution in [2.24, 2.45) is 5.92 Å². The quantitative estimate of drug-likeness (QED) is 0.151. The molecule has 1 aromatic heterocycles. The van der Waals surface area contributed by atoms with Crippen LogP contribution in [0.3, 0.4) is 0 Å². The molecule has 4 nitrogen and oxygen atoms in total. The smallest absolute Gasteiger partial charge is 0.241 e.